The third-order valence-electron chi connectivity index (χ3n) is 7.26. The number of rotatable bonds is 5. The molecule has 4 unspecified atom stereocenters. The van der Waals surface area contributed by atoms with E-state index in [-0.39, 0.29) is 29.1 Å². The van der Waals surface area contributed by atoms with Crippen molar-refractivity contribution < 1.29 is 64.5 Å². The van der Waals surface area contributed by atoms with Crippen molar-refractivity contribution in [1.82, 2.24) is 0 Å². The summed E-state index contributed by atoms with van der Waals surface area (Å²) in [4.78, 5) is 49.0. The highest BCUT2D eigenvalue weighted by atomic mass is 19.4. The molecule has 2 heterocycles. The second kappa shape index (κ2) is 10.2. The molecule has 2 saturated heterocycles. The van der Waals surface area contributed by atoms with E-state index in [4.69, 9.17) is 9.47 Å². The molecule has 2 aromatic rings. The summed E-state index contributed by atoms with van der Waals surface area (Å²) in [5.74, 6) is -9.32. The van der Waals surface area contributed by atoms with E-state index in [0.29, 0.717) is 12.1 Å². The Bertz CT molecular complexity index is 1630. The van der Waals surface area contributed by atoms with Gasteiger partial charge in [-0.3, -0.25) is 19.2 Å². The number of fused-ring (bicyclic) bond motifs is 2. The lowest BCUT2D eigenvalue weighted by Gasteiger charge is -2.24. The van der Waals surface area contributed by atoms with Gasteiger partial charge in [0, 0.05) is 0 Å². The van der Waals surface area contributed by atoms with E-state index in [2.05, 4.69) is 9.47 Å². The summed E-state index contributed by atoms with van der Waals surface area (Å²) in [6, 6.07) is 4.58. The smallest absolute Gasteiger partial charge is 0.416 e. The highest BCUT2D eigenvalue weighted by Crippen LogP contribution is 2.47. The first-order chi connectivity index (χ1) is 20.7. The molecule has 0 radical (unpaired) electrons. The monoisotopic (exact) mass is 618 g/mol. The zero-order valence-corrected chi connectivity index (χ0v) is 21.8. The molecule has 2 aromatic carbocycles. The maximum absolute atomic E-state index is 13.8. The van der Waals surface area contributed by atoms with Crippen LogP contribution in [0.1, 0.15) is 11.1 Å². The Labute approximate surface area is 242 Å². The number of hydrogen-bond acceptors (Lipinski definition) is 8. The Kier molecular flexibility index (Phi) is 6.74. The molecule has 226 valence electrons. The molecule has 6 rings (SSSR count). The van der Waals surface area contributed by atoms with Crippen molar-refractivity contribution in [2.24, 2.45) is 23.7 Å². The van der Waals surface area contributed by atoms with E-state index >= 15 is 0 Å². The molecule has 4 aliphatic rings. The Morgan fingerprint density at radius 3 is 1.45 bits per heavy atom. The number of allylic oxidation sites excluding steroid dienone is 4. The molecule has 0 aromatic heterocycles. The largest absolute Gasteiger partial charge is 0.460 e. The molecule has 0 bridgehead atoms. The number of ether oxygens (including phenoxy) is 4. The van der Waals surface area contributed by atoms with Crippen molar-refractivity contribution >= 4 is 23.9 Å². The highest BCUT2D eigenvalue weighted by Gasteiger charge is 2.49. The van der Waals surface area contributed by atoms with Gasteiger partial charge < -0.3 is 18.9 Å². The summed E-state index contributed by atoms with van der Waals surface area (Å²) in [5, 5.41) is 0. The van der Waals surface area contributed by atoms with Crippen LogP contribution >= 0.6 is 0 Å². The standard InChI is InChI=1S/C30H16F6O8/c31-29(32,33)14-10-13(11-15(12-14)30(34,35)36)22-18(41-20-6-1-4-16-23(20)27(39)43-25(16)37)8-3-9-19(22)42-21-7-2-5-17-24(21)28(40)44-26(17)38/h1-12,16-17,23-24H. The lowest BCUT2D eigenvalue weighted by molar-refractivity contribution is -0.155. The van der Waals surface area contributed by atoms with Crippen molar-refractivity contribution in [3.8, 4) is 22.6 Å². The van der Waals surface area contributed by atoms with Crippen LogP contribution in [-0.4, -0.2) is 23.9 Å². The van der Waals surface area contributed by atoms with Crippen LogP contribution in [-0.2, 0) is 41.0 Å². The molecule has 4 atom stereocenters. The molecule has 0 spiro atoms. The third kappa shape index (κ3) is 5.05. The second-order valence-electron chi connectivity index (χ2n) is 10.0. The molecule has 2 aliphatic carbocycles. The molecule has 2 aliphatic heterocycles. The molecule has 0 saturated carbocycles. The van der Waals surface area contributed by atoms with Gasteiger partial charge in [0.15, 0.2) is 0 Å². The van der Waals surface area contributed by atoms with Crippen molar-refractivity contribution in [3.63, 3.8) is 0 Å². The van der Waals surface area contributed by atoms with Crippen molar-refractivity contribution in [1.29, 1.82) is 0 Å². The van der Waals surface area contributed by atoms with Crippen LogP contribution < -0.4 is 9.47 Å². The fourth-order valence-corrected chi connectivity index (χ4v) is 5.25. The zero-order chi connectivity index (χ0) is 31.6. The van der Waals surface area contributed by atoms with Gasteiger partial charge in [0.25, 0.3) is 0 Å². The average molecular weight is 618 g/mol. The summed E-state index contributed by atoms with van der Waals surface area (Å²) in [6.45, 7) is 0. The summed E-state index contributed by atoms with van der Waals surface area (Å²) >= 11 is 0. The van der Waals surface area contributed by atoms with E-state index in [1.54, 1.807) is 0 Å². The van der Waals surface area contributed by atoms with Crippen LogP contribution in [0.25, 0.3) is 11.1 Å². The van der Waals surface area contributed by atoms with Gasteiger partial charge in [0.2, 0.25) is 0 Å². The minimum Gasteiger partial charge on any atom is -0.460 e. The Morgan fingerprint density at radius 2 is 1.05 bits per heavy atom. The number of alkyl halides is 6. The van der Waals surface area contributed by atoms with E-state index in [0.717, 1.165) is 0 Å². The molecule has 14 heteroatoms. The molecule has 8 nitrogen and oxygen atoms in total. The van der Waals surface area contributed by atoms with Crippen LogP contribution in [0.15, 0.2) is 84.4 Å². The Hall–Kier alpha value is -5.14. The van der Waals surface area contributed by atoms with Gasteiger partial charge in [-0.05, 0) is 48.0 Å². The van der Waals surface area contributed by atoms with Gasteiger partial charge in [-0.1, -0.05) is 30.4 Å². The SMILES string of the molecule is O=C1OC(=O)C2C(Oc3cccc(OC4=CC=CC5C(=O)OC(=O)C45)c3-c3cc(C(F)(F)F)cc(C(F)(F)F)c3)=CC=CC12. The molecular formula is C30H16F6O8. The first-order valence-corrected chi connectivity index (χ1v) is 12.8. The van der Waals surface area contributed by atoms with Crippen LogP contribution in [0, 0.1) is 23.7 Å². The van der Waals surface area contributed by atoms with E-state index in [9.17, 15) is 45.5 Å². The van der Waals surface area contributed by atoms with Gasteiger partial charge in [-0.25, -0.2) is 0 Å². The summed E-state index contributed by atoms with van der Waals surface area (Å²) in [5.41, 5.74) is -4.31. The minimum absolute atomic E-state index is 0.0497. The van der Waals surface area contributed by atoms with Crippen LogP contribution in [0.3, 0.4) is 0 Å². The molecular weight excluding hydrogens is 602 g/mol. The Morgan fingerprint density at radius 1 is 0.614 bits per heavy atom. The number of esters is 4. The normalized spacial score (nSPS) is 24.3. The molecule has 0 N–H and O–H groups in total. The lowest BCUT2D eigenvalue weighted by atomic mass is 9.88. The lowest BCUT2D eigenvalue weighted by Crippen LogP contribution is -2.24. The quantitative estimate of drug-likeness (QED) is 0.239. The van der Waals surface area contributed by atoms with Gasteiger partial charge in [-0.2, -0.15) is 26.3 Å². The number of benzene rings is 2. The predicted octanol–water partition coefficient (Wildman–Crippen LogP) is 5.69. The maximum atomic E-state index is 13.8. The first kappa shape index (κ1) is 29.0. The van der Waals surface area contributed by atoms with Crippen LogP contribution in [0.5, 0.6) is 11.5 Å². The van der Waals surface area contributed by atoms with Gasteiger partial charge in [0.05, 0.1) is 28.5 Å². The number of carbonyl (C=O) groups is 4. The van der Waals surface area contributed by atoms with Gasteiger partial charge in [0.1, 0.15) is 34.9 Å². The van der Waals surface area contributed by atoms with Crippen molar-refractivity contribution in [2.45, 2.75) is 12.4 Å². The molecule has 2 fully saturated rings. The fourth-order valence-electron chi connectivity index (χ4n) is 5.25. The number of hydrogen-bond donors (Lipinski definition) is 0. The zero-order valence-electron chi connectivity index (χ0n) is 21.8. The van der Waals surface area contributed by atoms with Gasteiger partial charge >= 0.3 is 36.2 Å². The first-order valence-electron chi connectivity index (χ1n) is 12.8. The Balaban J connectivity index is 1.51. The summed E-state index contributed by atoms with van der Waals surface area (Å²) < 4.78 is 104. The summed E-state index contributed by atoms with van der Waals surface area (Å²) in [7, 11) is 0. The van der Waals surface area contributed by atoms with Gasteiger partial charge in [-0.15, -0.1) is 0 Å². The summed E-state index contributed by atoms with van der Waals surface area (Å²) in [6.07, 6.45) is -2.26. The molecule has 0 amide bonds. The minimum atomic E-state index is -5.19. The number of halogens is 6. The number of cyclic esters (lactones) is 4. The molecule has 44 heavy (non-hydrogen) atoms. The highest BCUT2D eigenvalue weighted by molar-refractivity contribution is 6.00. The van der Waals surface area contributed by atoms with E-state index < -0.39 is 82.2 Å². The van der Waals surface area contributed by atoms with E-state index in [1.165, 1.54) is 54.7 Å². The van der Waals surface area contributed by atoms with Crippen molar-refractivity contribution in [2.75, 3.05) is 0 Å². The number of carbonyl (C=O) groups excluding carboxylic acids is 4. The predicted molar refractivity (Wildman–Crippen MR) is 134 cm³/mol. The second-order valence-corrected chi connectivity index (χ2v) is 10.0. The maximum Gasteiger partial charge on any atom is 0.416 e. The van der Waals surface area contributed by atoms with Crippen LogP contribution in [0.2, 0.25) is 0 Å². The van der Waals surface area contributed by atoms with Crippen molar-refractivity contribution in [3.05, 3.63) is 95.5 Å². The van der Waals surface area contributed by atoms with E-state index in [1.807, 2.05) is 0 Å². The van der Waals surface area contributed by atoms with Crippen LogP contribution in [0.4, 0.5) is 26.3 Å². The topological polar surface area (TPSA) is 105 Å². The average Bonchev–Trinajstić information content (AvgIpc) is 3.42. The third-order valence-corrected chi connectivity index (χ3v) is 7.26. The fraction of sp³-hybridized carbons (Fsp3) is 0.200.